The van der Waals surface area contributed by atoms with Crippen molar-refractivity contribution in [2.45, 2.75) is 98.8 Å². The second-order valence-corrected chi connectivity index (χ2v) is 12.0. The summed E-state index contributed by atoms with van der Waals surface area (Å²) in [5.74, 6) is 2.05. The number of benzene rings is 3. The first-order valence-corrected chi connectivity index (χ1v) is 16.9. The fraction of sp³-hybridized carbons (Fsp3) is 0.526. The molecular weight excluding hydrogens is 542 g/mol. The Morgan fingerprint density at radius 1 is 0.636 bits per heavy atom. The van der Waals surface area contributed by atoms with E-state index in [-0.39, 0.29) is 0 Å². The minimum absolute atomic E-state index is 0.609. The van der Waals surface area contributed by atoms with E-state index < -0.39 is 0 Å². The number of methoxy groups -OCH3 is 1. The molecule has 0 aliphatic carbocycles. The lowest BCUT2D eigenvalue weighted by atomic mass is 9.94. The molecule has 0 saturated heterocycles. The highest BCUT2D eigenvalue weighted by Crippen LogP contribution is 2.34. The number of hydrogen-bond acceptors (Lipinski definition) is 6. The van der Waals surface area contributed by atoms with Crippen LogP contribution in [0.3, 0.4) is 0 Å². The predicted octanol–water partition coefficient (Wildman–Crippen LogP) is 12.9. The highest BCUT2D eigenvalue weighted by Gasteiger charge is 2.18. The molecule has 44 heavy (non-hydrogen) atoms. The lowest BCUT2D eigenvalue weighted by Crippen LogP contribution is -2.34. The van der Waals surface area contributed by atoms with Crippen molar-refractivity contribution in [2.24, 2.45) is 32.3 Å². The van der Waals surface area contributed by atoms with Gasteiger partial charge in [0, 0.05) is 24.8 Å². The molecule has 0 aliphatic heterocycles. The smallest absolute Gasteiger partial charge is 0.148 e. The Kier molecular flexibility index (Phi) is 15.6. The van der Waals surface area contributed by atoms with Gasteiger partial charge in [0.1, 0.15) is 11.4 Å². The van der Waals surface area contributed by atoms with Crippen LogP contribution in [0.1, 0.15) is 97.5 Å². The third kappa shape index (κ3) is 11.5. The van der Waals surface area contributed by atoms with E-state index in [1.807, 2.05) is 48.5 Å². The van der Waals surface area contributed by atoms with Gasteiger partial charge in [0.2, 0.25) is 0 Å². The first kappa shape index (κ1) is 34.9. The quantitative estimate of drug-likeness (QED) is 0.0960. The van der Waals surface area contributed by atoms with Gasteiger partial charge in [-0.25, -0.2) is 0 Å². The molecule has 0 radical (unpaired) electrons. The van der Waals surface area contributed by atoms with Crippen molar-refractivity contribution >= 4 is 28.4 Å². The van der Waals surface area contributed by atoms with E-state index in [9.17, 15) is 0 Å². The minimum atomic E-state index is 0.609. The van der Waals surface area contributed by atoms with Crippen LogP contribution < -0.4 is 9.64 Å². The zero-order valence-electron chi connectivity index (χ0n) is 28.1. The first-order valence-electron chi connectivity index (χ1n) is 16.9. The van der Waals surface area contributed by atoms with Gasteiger partial charge in [-0.05, 0) is 79.6 Å². The lowest BCUT2D eigenvalue weighted by molar-refractivity contribution is 0.400. The summed E-state index contributed by atoms with van der Waals surface area (Å²) in [5, 5.41) is 17.8. The summed E-state index contributed by atoms with van der Waals surface area (Å²) in [6.45, 7) is 13.7. The molecule has 0 bridgehead atoms. The number of nitrogens with zero attached hydrogens (tertiary/aromatic N) is 5. The lowest BCUT2D eigenvalue weighted by Gasteiger charge is -2.33. The fourth-order valence-electron chi connectivity index (χ4n) is 5.59. The van der Waals surface area contributed by atoms with E-state index in [4.69, 9.17) is 4.74 Å². The summed E-state index contributed by atoms with van der Waals surface area (Å²) in [5.41, 5.74) is 5.47. The second-order valence-electron chi connectivity index (χ2n) is 12.0. The molecule has 0 saturated carbocycles. The Balaban J connectivity index is 1.77. The van der Waals surface area contributed by atoms with Crippen LogP contribution in [-0.2, 0) is 0 Å². The van der Waals surface area contributed by atoms with E-state index in [0.717, 1.165) is 41.9 Å². The standard InChI is InChI=1S/C38H55N5O/c1-7-11-13-15-19-32(10-4)29-43(28-31(9-3)18-12-8-2)35-23-25-36(30(5)26-35)41-40-34-22-24-37(38(27-34)44-6)42-39-33-20-16-14-17-21-33/h14,16-17,20-27,31-32H,7-13,15,18-19,28-29H2,1-6H3/b41-40+,42-39+. The summed E-state index contributed by atoms with van der Waals surface area (Å²) in [6.07, 6.45) is 13.0. The van der Waals surface area contributed by atoms with Gasteiger partial charge in [0.05, 0.1) is 24.2 Å². The third-order valence-corrected chi connectivity index (χ3v) is 8.56. The first-order chi connectivity index (χ1) is 21.5. The molecule has 0 spiro atoms. The van der Waals surface area contributed by atoms with E-state index in [0.29, 0.717) is 17.1 Å². The Hall–Kier alpha value is -3.54. The molecule has 6 heteroatoms. The molecular formula is C38H55N5O. The molecule has 3 aromatic rings. The molecule has 0 heterocycles. The number of rotatable bonds is 20. The topological polar surface area (TPSA) is 61.9 Å². The maximum Gasteiger partial charge on any atom is 0.148 e. The van der Waals surface area contributed by atoms with Gasteiger partial charge in [0.25, 0.3) is 0 Å². The molecule has 6 nitrogen and oxygen atoms in total. The van der Waals surface area contributed by atoms with E-state index >= 15 is 0 Å². The molecule has 2 atom stereocenters. The number of unbranched alkanes of at least 4 members (excludes halogenated alkanes) is 4. The Morgan fingerprint density at radius 3 is 1.91 bits per heavy atom. The molecule has 238 valence electrons. The fourth-order valence-corrected chi connectivity index (χ4v) is 5.59. The Morgan fingerprint density at radius 2 is 1.27 bits per heavy atom. The maximum absolute atomic E-state index is 5.57. The summed E-state index contributed by atoms with van der Waals surface area (Å²) >= 11 is 0. The van der Waals surface area contributed by atoms with Crippen LogP contribution in [0.2, 0.25) is 0 Å². The predicted molar refractivity (Wildman–Crippen MR) is 187 cm³/mol. The SMILES string of the molecule is CCCCCCC(CC)CN(CC(CC)CCCC)c1ccc(/N=N/c2ccc(/N=N/c3ccccc3)c(OC)c2)c(C)c1. The molecule has 3 rings (SSSR count). The summed E-state index contributed by atoms with van der Waals surface area (Å²) in [7, 11) is 1.63. The summed E-state index contributed by atoms with van der Waals surface area (Å²) < 4.78 is 5.57. The van der Waals surface area contributed by atoms with Crippen molar-refractivity contribution in [1.82, 2.24) is 0 Å². The van der Waals surface area contributed by atoms with Crippen LogP contribution in [-0.4, -0.2) is 20.2 Å². The maximum atomic E-state index is 5.57. The van der Waals surface area contributed by atoms with Crippen molar-refractivity contribution in [3.05, 3.63) is 72.3 Å². The molecule has 0 aliphatic rings. The van der Waals surface area contributed by atoms with Crippen molar-refractivity contribution in [2.75, 3.05) is 25.1 Å². The van der Waals surface area contributed by atoms with Gasteiger partial charge < -0.3 is 9.64 Å². The normalized spacial score (nSPS) is 13.0. The van der Waals surface area contributed by atoms with Gasteiger partial charge >= 0.3 is 0 Å². The number of anilines is 1. The van der Waals surface area contributed by atoms with Gasteiger partial charge in [-0.3, -0.25) is 0 Å². The summed E-state index contributed by atoms with van der Waals surface area (Å²) in [4.78, 5) is 2.67. The number of hydrogen-bond donors (Lipinski definition) is 0. The highest BCUT2D eigenvalue weighted by molar-refractivity contribution is 5.60. The van der Waals surface area contributed by atoms with Crippen LogP contribution in [0, 0.1) is 18.8 Å². The molecule has 0 aromatic heterocycles. The molecule has 3 aromatic carbocycles. The van der Waals surface area contributed by atoms with Gasteiger partial charge in [-0.1, -0.05) is 97.3 Å². The third-order valence-electron chi connectivity index (χ3n) is 8.56. The molecule has 2 unspecified atom stereocenters. The Labute approximate surface area is 267 Å². The zero-order chi connectivity index (χ0) is 31.6. The van der Waals surface area contributed by atoms with E-state index in [2.05, 4.69) is 78.2 Å². The van der Waals surface area contributed by atoms with Crippen molar-refractivity contribution in [3.8, 4) is 5.75 Å². The second kappa shape index (κ2) is 19.7. The van der Waals surface area contributed by atoms with Crippen LogP contribution in [0.5, 0.6) is 5.75 Å². The van der Waals surface area contributed by atoms with Crippen LogP contribution in [0.4, 0.5) is 28.4 Å². The molecule has 0 fully saturated rings. The number of ether oxygens (including phenoxy) is 1. The minimum Gasteiger partial charge on any atom is -0.494 e. The largest absolute Gasteiger partial charge is 0.494 e. The van der Waals surface area contributed by atoms with E-state index in [1.54, 1.807) is 7.11 Å². The van der Waals surface area contributed by atoms with Crippen molar-refractivity contribution < 1.29 is 4.74 Å². The van der Waals surface area contributed by atoms with Crippen LogP contribution in [0.25, 0.3) is 0 Å². The van der Waals surface area contributed by atoms with E-state index in [1.165, 1.54) is 69.9 Å². The van der Waals surface area contributed by atoms with Gasteiger partial charge in [0.15, 0.2) is 0 Å². The van der Waals surface area contributed by atoms with Gasteiger partial charge in [-0.2, -0.15) is 15.3 Å². The summed E-state index contributed by atoms with van der Waals surface area (Å²) in [6, 6.07) is 21.9. The highest BCUT2D eigenvalue weighted by atomic mass is 16.5. The molecule has 0 amide bonds. The van der Waals surface area contributed by atoms with Crippen LogP contribution >= 0.6 is 0 Å². The zero-order valence-corrected chi connectivity index (χ0v) is 28.1. The Bertz CT molecular complexity index is 1290. The number of azo groups is 2. The van der Waals surface area contributed by atoms with Crippen molar-refractivity contribution in [3.63, 3.8) is 0 Å². The van der Waals surface area contributed by atoms with Gasteiger partial charge in [-0.15, -0.1) is 5.11 Å². The number of aryl methyl sites for hydroxylation is 1. The van der Waals surface area contributed by atoms with Crippen molar-refractivity contribution in [1.29, 1.82) is 0 Å². The van der Waals surface area contributed by atoms with Crippen LogP contribution in [0.15, 0.2) is 87.2 Å². The average Bonchev–Trinajstić information content (AvgIpc) is 3.06. The average molecular weight is 598 g/mol. The monoisotopic (exact) mass is 597 g/mol. The molecule has 0 N–H and O–H groups in total.